The second kappa shape index (κ2) is 8.12. The summed E-state index contributed by atoms with van der Waals surface area (Å²) in [5.41, 5.74) is 0.343. The number of amides is 1. The average Bonchev–Trinajstić information content (AvgIpc) is 3.05. The van der Waals surface area contributed by atoms with E-state index in [0.717, 1.165) is 4.88 Å². The lowest BCUT2D eigenvalue weighted by atomic mass is 10.2. The second-order valence-electron chi connectivity index (χ2n) is 4.69. The molecule has 122 valence electrons. The second-order valence-corrected chi connectivity index (χ2v) is 6.58. The number of hydrogen-bond acceptors (Lipinski definition) is 5. The lowest BCUT2D eigenvalue weighted by Crippen LogP contribution is -2.35. The normalized spacial score (nSPS) is 11.6. The van der Waals surface area contributed by atoms with E-state index in [1.807, 2.05) is 17.5 Å². The molecule has 2 aromatic rings. The quantitative estimate of drug-likeness (QED) is 0.758. The minimum absolute atomic E-state index is 0.334. The number of thiophene rings is 1. The van der Waals surface area contributed by atoms with Gasteiger partial charge in [-0.3, -0.25) is 4.79 Å². The van der Waals surface area contributed by atoms with Crippen LogP contribution in [0.1, 0.15) is 22.2 Å². The third-order valence-electron chi connectivity index (χ3n) is 3.06. The Morgan fingerprint density at radius 1 is 1.35 bits per heavy atom. The maximum Gasteiger partial charge on any atom is 0.338 e. The molecule has 0 aliphatic rings. The zero-order valence-electron chi connectivity index (χ0n) is 12.7. The predicted molar refractivity (Wildman–Crippen MR) is 91.7 cm³/mol. The third-order valence-corrected chi connectivity index (χ3v) is 4.55. The largest absolute Gasteiger partial charge is 0.496 e. The fourth-order valence-electron chi connectivity index (χ4n) is 1.81. The maximum atomic E-state index is 12.1. The summed E-state index contributed by atoms with van der Waals surface area (Å²) in [5.74, 6) is -0.283. The minimum atomic E-state index is -0.872. The Morgan fingerprint density at radius 2 is 2.13 bits per heavy atom. The molecule has 2 rings (SSSR count). The van der Waals surface area contributed by atoms with E-state index in [1.54, 1.807) is 36.5 Å². The van der Waals surface area contributed by atoms with Crippen LogP contribution in [0.25, 0.3) is 0 Å². The van der Waals surface area contributed by atoms with Crippen LogP contribution in [0.2, 0.25) is 0 Å². The van der Waals surface area contributed by atoms with Crippen molar-refractivity contribution < 1.29 is 19.1 Å². The molecule has 0 radical (unpaired) electrons. The zero-order chi connectivity index (χ0) is 16.8. The summed E-state index contributed by atoms with van der Waals surface area (Å²) in [6, 6.07) is 8.68. The van der Waals surface area contributed by atoms with Gasteiger partial charge in [0.1, 0.15) is 5.75 Å². The number of nitrogens with one attached hydrogen (secondary N) is 1. The van der Waals surface area contributed by atoms with E-state index < -0.39 is 12.1 Å². The molecule has 23 heavy (non-hydrogen) atoms. The summed E-state index contributed by atoms with van der Waals surface area (Å²) in [5, 5.41) is 4.67. The minimum Gasteiger partial charge on any atom is -0.496 e. The van der Waals surface area contributed by atoms with Crippen LogP contribution in [0.4, 0.5) is 0 Å². The van der Waals surface area contributed by atoms with Crippen LogP contribution in [-0.4, -0.2) is 25.1 Å². The van der Waals surface area contributed by atoms with Crippen LogP contribution in [0.3, 0.4) is 0 Å². The molecule has 0 saturated heterocycles. The van der Waals surface area contributed by atoms with Crippen molar-refractivity contribution in [1.29, 1.82) is 0 Å². The number of hydrogen-bond donors (Lipinski definition) is 1. The van der Waals surface area contributed by atoms with E-state index in [0.29, 0.717) is 22.3 Å². The van der Waals surface area contributed by atoms with Gasteiger partial charge in [-0.15, -0.1) is 11.3 Å². The lowest BCUT2D eigenvalue weighted by Gasteiger charge is -2.13. The predicted octanol–water partition coefficient (Wildman–Crippen LogP) is 3.38. The Balaban J connectivity index is 1.90. The molecular weight excluding hydrogens is 382 g/mol. The van der Waals surface area contributed by atoms with Crippen LogP contribution in [0.5, 0.6) is 5.75 Å². The zero-order valence-corrected chi connectivity index (χ0v) is 15.1. The first-order valence-corrected chi connectivity index (χ1v) is 8.53. The molecule has 0 unspecified atom stereocenters. The monoisotopic (exact) mass is 397 g/mol. The highest BCUT2D eigenvalue weighted by atomic mass is 79.9. The van der Waals surface area contributed by atoms with E-state index in [4.69, 9.17) is 9.47 Å². The van der Waals surface area contributed by atoms with Crippen molar-refractivity contribution in [2.75, 3.05) is 7.11 Å². The smallest absolute Gasteiger partial charge is 0.338 e. The van der Waals surface area contributed by atoms with E-state index in [9.17, 15) is 9.59 Å². The van der Waals surface area contributed by atoms with Gasteiger partial charge < -0.3 is 14.8 Å². The van der Waals surface area contributed by atoms with Crippen LogP contribution in [-0.2, 0) is 16.1 Å². The fraction of sp³-hybridized carbons (Fsp3) is 0.250. The SMILES string of the molecule is COc1ccc(C(=O)O[C@H](C)C(=O)NCc2cccs2)cc1Br. The molecule has 1 heterocycles. The summed E-state index contributed by atoms with van der Waals surface area (Å²) in [7, 11) is 1.54. The van der Waals surface area contributed by atoms with Gasteiger partial charge in [-0.25, -0.2) is 4.79 Å². The molecule has 7 heteroatoms. The fourth-order valence-corrected chi connectivity index (χ4v) is 2.99. The number of methoxy groups -OCH3 is 1. The highest BCUT2D eigenvalue weighted by Gasteiger charge is 2.19. The Labute approximate surface area is 146 Å². The molecular formula is C16H16BrNO4S. The summed E-state index contributed by atoms with van der Waals surface area (Å²) >= 11 is 4.86. The van der Waals surface area contributed by atoms with Gasteiger partial charge >= 0.3 is 5.97 Å². The van der Waals surface area contributed by atoms with Gasteiger partial charge in [0.05, 0.1) is 23.7 Å². The molecule has 0 saturated carbocycles. The first-order valence-electron chi connectivity index (χ1n) is 6.86. The van der Waals surface area contributed by atoms with E-state index in [-0.39, 0.29) is 5.91 Å². The first-order chi connectivity index (χ1) is 11.0. The van der Waals surface area contributed by atoms with E-state index in [1.165, 1.54) is 7.11 Å². The van der Waals surface area contributed by atoms with Crippen LogP contribution in [0.15, 0.2) is 40.2 Å². The molecule has 0 spiro atoms. The van der Waals surface area contributed by atoms with Crippen LogP contribution in [0, 0.1) is 0 Å². The molecule has 1 atom stereocenters. The Morgan fingerprint density at radius 3 is 2.74 bits per heavy atom. The molecule has 1 N–H and O–H groups in total. The van der Waals surface area contributed by atoms with Crippen molar-refractivity contribution in [1.82, 2.24) is 5.32 Å². The Hall–Kier alpha value is -1.86. The molecule has 1 aromatic carbocycles. The molecule has 5 nitrogen and oxygen atoms in total. The van der Waals surface area contributed by atoms with Crippen LogP contribution < -0.4 is 10.1 Å². The van der Waals surface area contributed by atoms with Gasteiger partial charge in [0, 0.05) is 4.88 Å². The van der Waals surface area contributed by atoms with Gasteiger partial charge in [0.25, 0.3) is 5.91 Å². The number of halogens is 1. The molecule has 0 bridgehead atoms. The summed E-state index contributed by atoms with van der Waals surface area (Å²) in [6.45, 7) is 1.96. The maximum absolute atomic E-state index is 12.1. The van der Waals surface area contributed by atoms with Crippen molar-refractivity contribution in [3.8, 4) is 5.75 Å². The topological polar surface area (TPSA) is 64.6 Å². The lowest BCUT2D eigenvalue weighted by molar-refractivity contribution is -0.129. The highest BCUT2D eigenvalue weighted by Crippen LogP contribution is 2.25. The number of carbonyl (C=O) groups is 2. The number of benzene rings is 1. The van der Waals surface area contributed by atoms with Crippen molar-refractivity contribution in [3.05, 3.63) is 50.6 Å². The average molecular weight is 398 g/mol. The molecule has 0 fully saturated rings. The van der Waals surface area contributed by atoms with Gasteiger partial charge in [0.2, 0.25) is 0 Å². The number of carbonyl (C=O) groups excluding carboxylic acids is 2. The van der Waals surface area contributed by atoms with Gasteiger partial charge in [-0.05, 0) is 52.5 Å². The van der Waals surface area contributed by atoms with Gasteiger partial charge in [-0.2, -0.15) is 0 Å². The van der Waals surface area contributed by atoms with Crippen molar-refractivity contribution >= 4 is 39.1 Å². The van der Waals surface area contributed by atoms with E-state index in [2.05, 4.69) is 21.2 Å². The van der Waals surface area contributed by atoms with Gasteiger partial charge in [-0.1, -0.05) is 6.07 Å². The molecule has 0 aliphatic carbocycles. The molecule has 0 aliphatic heterocycles. The molecule has 1 aromatic heterocycles. The Kier molecular flexibility index (Phi) is 6.18. The van der Waals surface area contributed by atoms with Gasteiger partial charge in [0.15, 0.2) is 6.10 Å². The molecule has 1 amide bonds. The van der Waals surface area contributed by atoms with Crippen molar-refractivity contribution in [3.63, 3.8) is 0 Å². The standard InChI is InChI=1S/C16H16BrNO4S/c1-10(15(19)18-9-12-4-3-7-23-12)22-16(20)11-5-6-14(21-2)13(17)8-11/h3-8,10H,9H2,1-2H3,(H,18,19)/t10-/m1/s1. The van der Waals surface area contributed by atoms with E-state index >= 15 is 0 Å². The van der Waals surface area contributed by atoms with Crippen molar-refractivity contribution in [2.45, 2.75) is 19.6 Å². The van der Waals surface area contributed by atoms with Crippen LogP contribution >= 0.6 is 27.3 Å². The number of ether oxygens (including phenoxy) is 2. The number of rotatable bonds is 6. The highest BCUT2D eigenvalue weighted by molar-refractivity contribution is 9.10. The third kappa shape index (κ3) is 4.80. The number of esters is 1. The van der Waals surface area contributed by atoms with Crippen molar-refractivity contribution in [2.24, 2.45) is 0 Å². The summed E-state index contributed by atoms with van der Waals surface area (Å²) in [4.78, 5) is 25.1. The summed E-state index contributed by atoms with van der Waals surface area (Å²) in [6.07, 6.45) is -0.872. The Bertz CT molecular complexity index is 687. The first kappa shape index (κ1) is 17.5. The summed E-state index contributed by atoms with van der Waals surface area (Å²) < 4.78 is 10.9.